The van der Waals surface area contributed by atoms with Crippen molar-refractivity contribution in [3.8, 4) is 0 Å². The number of rotatable bonds is 11. The number of allylic oxidation sites excluding steroid dienone is 2. The molecule has 0 aromatic heterocycles. The minimum atomic E-state index is -0.0684. The molecule has 3 rings (SSSR count). The summed E-state index contributed by atoms with van der Waals surface area (Å²) in [6.45, 7) is 3.09. The zero-order chi connectivity index (χ0) is 21.7. The second-order valence-electron chi connectivity index (χ2n) is 9.93. The first-order valence-electron chi connectivity index (χ1n) is 13.4. The predicted octanol–water partition coefficient (Wildman–Crippen LogP) is 7.11. The Morgan fingerprint density at radius 1 is 1.00 bits per heavy atom. The van der Waals surface area contributed by atoms with Crippen molar-refractivity contribution in [3.63, 3.8) is 0 Å². The maximum absolute atomic E-state index is 12.3. The lowest BCUT2D eigenvalue weighted by atomic mass is 9.85. The largest absolute Gasteiger partial charge is 0.462 e. The first-order valence-corrected chi connectivity index (χ1v) is 13.4. The van der Waals surface area contributed by atoms with Crippen molar-refractivity contribution >= 4 is 5.97 Å². The zero-order valence-corrected chi connectivity index (χ0v) is 19.9. The number of carbonyl (C=O) groups is 1. The smallest absolute Gasteiger partial charge is 0.306 e. The van der Waals surface area contributed by atoms with Gasteiger partial charge < -0.3 is 14.2 Å². The molecule has 0 N–H and O–H groups in total. The van der Waals surface area contributed by atoms with Crippen LogP contribution in [0.1, 0.15) is 116 Å². The van der Waals surface area contributed by atoms with Crippen LogP contribution in [0.3, 0.4) is 0 Å². The molecular formula is C27H46O4. The Morgan fingerprint density at radius 2 is 1.81 bits per heavy atom. The third-order valence-corrected chi connectivity index (χ3v) is 7.43. The van der Waals surface area contributed by atoms with Gasteiger partial charge in [0.05, 0.1) is 6.10 Å². The van der Waals surface area contributed by atoms with E-state index in [0.29, 0.717) is 18.3 Å². The van der Waals surface area contributed by atoms with E-state index in [0.717, 1.165) is 45.1 Å². The lowest BCUT2D eigenvalue weighted by Gasteiger charge is -2.30. The average Bonchev–Trinajstić information content (AvgIpc) is 3.09. The molecule has 0 aromatic carbocycles. The third-order valence-electron chi connectivity index (χ3n) is 7.43. The maximum atomic E-state index is 12.3. The normalized spacial score (nSPS) is 32.9. The fraction of sp³-hybridized carbons (Fsp3) is 0.889. The molecule has 0 aromatic rings. The maximum Gasteiger partial charge on any atom is 0.306 e. The monoisotopic (exact) mass is 434 g/mol. The Balaban J connectivity index is 1.55. The molecule has 4 heteroatoms. The Labute approximate surface area is 190 Å². The molecule has 4 nitrogen and oxygen atoms in total. The Morgan fingerprint density at radius 3 is 2.58 bits per heavy atom. The van der Waals surface area contributed by atoms with Crippen molar-refractivity contribution in [1.82, 2.24) is 0 Å². The number of esters is 1. The fourth-order valence-corrected chi connectivity index (χ4v) is 5.64. The first-order chi connectivity index (χ1) is 15.3. The highest BCUT2D eigenvalue weighted by molar-refractivity contribution is 5.69. The second kappa shape index (κ2) is 14.3. The van der Waals surface area contributed by atoms with Gasteiger partial charge in [-0.05, 0) is 50.9 Å². The fourth-order valence-electron chi connectivity index (χ4n) is 5.64. The number of hydrogen-bond acceptors (Lipinski definition) is 4. The van der Waals surface area contributed by atoms with Crippen LogP contribution in [0, 0.1) is 11.8 Å². The Kier molecular flexibility index (Phi) is 11.4. The van der Waals surface area contributed by atoms with Gasteiger partial charge in [-0.2, -0.15) is 0 Å². The van der Waals surface area contributed by atoms with Crippen LogP contribution in [-0.4, -0.2) is 31.1 Å². The molecule has 31 heavy (non-hydrogen) atoms. The van der Waals surface area contributed by atoms with Gasteiger partial charge in [0.25, 0.3) is 0 Å². The van der Waals surface area contributed by atoms with Gasteiger partial charge in [0.1, 0.15) is 6.10 Å². The highest BCUT2D eigenvalue weighted by Gasteiger charge is 2.45. The van der Waals surface area contributed by atoms with Crippen LogP contribution in [0.5, 0.6) is 0 Å². The van der Waals surface area contributed by atoms with Crippen LogP contribution in [0.15, 0.2) is 12.2 Å². The molecule has 0 amide bonds. The Bertz CT molecular complexity index is 525. The van der Waals surface area contributed by atoms with Crippen molar-refractivity contribution in [3.05, 3.63) is 12.2 Å². The summed E-state index contributed by atoms with van der Waals surface area (Å²) in [5.74, 6) is 0.828. The quantitative estimate of drug-likeness (QED) is 0.197. The lowest BCUT2D eigenvalue weighted by Crippen LogP contribution is -2.31. The summed E-state index contributed by atoms with van der Waals surface area (Å²) in [4.78, 5) is 12.3. The summed E-state index contributed by atoms with van der Waals surface area (Å²) >= 11 is 0. The van der Waals surface area contributed by atoms with Gasteiger partial charge in [0, 0.05) is 25.4 Å². The van der Waals surface area contributed by atoms with Crippen molar-refractivity contribution in [2.45, 2.75) is 135 Å². The first kappa shape index (κ1) is 24.8. The summed E-state index contributed by atoms with van der Waals surface area (Å²) in [6.07, 6.45) is 24.2. The molecule has 0 radical (unpaired) electrons. The van der Waals surface area contributed by atoms with E-state index < -0.39 is 0 Å². The number of fused-ring (bicyclic) bond motifs is 1. The van der Waals surface area contributed by atoms with Gasteiger partial charge in [-0.3, -0.25) is 4.79 Å². The van der Waals surface area contributed by atoms with Gasteiger partial charge in [-0.1, -0.05) is 70.4 Å². The summed E-state index contributed by atoms with van der Waals surface area (Å²) in [6, 6.07) is 0. The zero-order valence-electron chi connectivity index (χ0n) is 19.9. The van der Waals surface area contributed by atoms with Crippen molar-refractivity contribution in [2.75, 3.05) is 6.61 Å². The molecule has 2 fully saturated rings. The van der Waals surface area contributed by atoms with Crippen LogP contribution in [0.4, 0.5) is 0 Å². The van der Waals surface area contributed by atoms with Gasteiger partial charge in [-0.25, -0.2) is 0 Å². The van der Waals surface area contributed by atoms with E-state index in [-0.39, 0.29) is 24.5 Å². The van der Waals surface area contributed by atoms with Gasteiger partial charge >= 0.3 is 5.97 Å². The van der Waals surface area contributed by atoms with Gasteiger partial charge in [-0.15, -0.1) is 0 Å². The van der Waals surface area contributed by atoms with E-state index in [4.69, 9.17) is 14.2 Å². The molecule has 1 saturated carbocycles. The highest BCUT2D eigenvalue weighted by Crippen LogP contribution is 2.43. The summed E-state index contributed by atoms with van der Waals surface area (Å²) < 4.78 is 18.4. The third kappa shape index (κ3) is 8.53. The Hall–Kier alpha value is -0.870. The standard InChI is InChI=1S/C27H46O4/c1-2-3-4-5-6-7-8-11-17-23-22-16-12-9-10-13-18-26(28)30-24(22)21-25(23)31-27-19-14-15-20-29-27/h9,12,22-25,27H,2-8,10-11,13-21H2,1H3/b12-9-/t22-,23-,24+,25-,27?/m1/s1. The molecule has 178 valence electrons. The van der Waals surface area contributed by atoms with E-state index in [9.17, 15) is 4.79 Å². The van der Waals surface area contributed by atoms with Crippen molar-refractivity contribution < 1.29 is 19.0 Å². The molecule has 0 spiro atoms. The van der Waals surface area contributed by atoms with Crippen LogP contribution >= 0.6 is 0 Å². The highest BCUT2D eigenvalue weighted by atomic mass is 16.7. The summed E-state index contributed by atoms with van der Waals surface area (Å²) in [7, 11) is 0. The van der Waals surface area contributed by atoms with E-state index in [1.807, 2.05) is 0 Å². The molecular weight excluding hydrogens is 388 g/mol. The summed E-state index contributed by atoms with van der Waals surface area (Å²) in [5, 5.41) is 0. The van der Waals surface area contributed by atoms with Crippen LogP contribution < -0.4 is 0 Å². The molecule has 1 unspecified atom stereocenters. The minimum absolute atomic E-state index is 0.00267. The van der Waals surface area contributed by atoms with E-state index >= 15 is 0 Å². The molecule has 1 saturated heterocycles. The molecule has 5 atom stereocenters. The predicted molar refractivity (Wildman–Crippen MR) is 125 cm³/mol. The van der Waals surface area contributed by atoms with E-state index in [2.05, 4.69) is 19.1 Å². The molecule has 2 heterocycles. The van der Waals surface area contributed by atoms with Crippen molar-refractivity contribution in [2.24, 2.45) is 11.8 Å². The second-order valence-corrected chi connectivity index (χ2v) is 9.93. The minimum Gasteiger partial charge on any atom is -0.462 e. The number of ether oxygens (including phenoxy) is 3. The molecule has 2 aliphatic heterocycles. The lowest BCUT2D eigenvalue weighted by molar-refractivity contribution is -0.196. The topological polar surface area (TPSA) is 44.8 Å². The molecule has 0 bridgehead atoms. The van der Waals surface area contributed by atoms with E-state index in [1.165, 1.54) is 64.2 Å². The number of hydrogen-bond donors (Lipinski definition) is 0. The SMILES string of the molecule is CCCCCCCCCC[C@@H]1[C@H]2C/C=C\CCCC(=O)O[C@H]2C[C@H]1OC1CCCCO1. The number of unbranched alkanes of at least 4 members (excludes halogenated alkanes) is 7. The van der Waals surface area contributed by atoms with Crippen LogP contribution in [-0.2, 0) is 19.0 Å². The molecule has 1 aliphatic carbocycles. The van der Waals surface area contributed by atoms with Crippen molar-refractivity contribution in [1.29, 1.82) is 0 Å². The van der Waals surface area contributed by atoms with Gasteiger partial charge in [0.15, 0.2) is 6.29 Å². The van der Waals surface area contributed by atoms with Crippen LogP contribution in [0.25, 0.3) is 0 Å². The number of carbonyl (C=O) groups excluding carboxylic acids is 1. The van der Waals surface area contributed by atoms with E-state index in [1.54, 1.807) is 0 Å². The average molecular weight is 435 g/mol. The molecule has 3 aliphatic rings. The summed E-state index contributed by atoms with van der Waals surface area (Å²) in [5.41, 5.74) is 0. The van der Waals surface area contributed by atoms with Gasteiger partial charge in [0.2, 0.25) is 0 Å². The van der Waals surface area contributed by atoms with Crippen LogP contribution in [0.2, 0.25) is 0 Å².